The van der Waals surface area contributed by atoms with Gasteiger partial charge in [-0.15, -0.1) is 0 Å². The maximum absolute atomic E-state index is 12.5. The fourth-order valence-corrected chi connectivity index (χ4v) is 3.00. The third-order valence-corrected chi connectivity index (χ3v) is 4.55. The normalized spacial score (nSPS) is 18.1. The van der Waals surface area contributed by atoms with Gasteiger partial charge in [-0.05, 0) is 24.8 Å². The maximum Gasteiger partial charge on any atom is 0.318 e. The number of nitrogens with one attached hydrogen (secondary N) is 1. The fraction of sp³-hybridized carbons (Fsp3) is 0.500. The minimum absolute atomic E-state index is 0.0212. The second kappa shape index (κ2) is 8.50. The Kier molecular flexibility index (Phi) is 6.38. The third-order valence-electron chi connectivity index (χ3n) is 4.55. The molecular formula is C18H25N3O4. The van der Waals surface area contributed by atoms with E-state index in [0.29, 0.717) is 25.8 Å². The van der Waals surface area contributed by atoms with Crippen LogP contribution in [0.15, 0.2) is 30.3 Å². The number of likely N-dealkylation sites (tertiary alicyclic amines) is 1. The first-order valence-corrected chi connectivity index (χ1v) is 8.42. The Bertz CT molecular complexity index is 620. The molecule has 2 N–H and O–H groups in total. The molecule has 0 aliphatic carbocycles. The predicted molar refractivity (Wildman–Crippen MR) is 93.1 cm³/mol. The number of rotatable bonds is 7. The van der Waals surface area contributed by atoms with Crippen LogP contribution in [0.1, 0.15) is 24.8 Å². The van der Waals surface area contributed by atoms with Gasteiger partial charge in [-0.25, -0.2) is 4.79 Å². The molecule has 2 rings (SSSR count). The molecule has 7 nitrogen and oxygen atoms in total. The first kappa shape index (κ1) is 18.8. The number of hydrogen-bond acceptors (Lipinski definition) is 3. The molecule has 0 bridgehead atoms. The van der Waals surface area contributed by atoms with Crippen LogP contribution in [0, 0.1) is 0 Å². The highest BCUT2D eigenvalue weighted by Gasteiger charge is 2.35. The summed E-state index contributed by atoms with van der Waals surface area (Å²) in [5.74, 6) is -0.962. The Hall–Kier alpha value is -2.57. The van der Waals surface area contributed by atoms with Gasteiger partial charge >= 0.3 is 12.0 Å². The first-order chi connectivity index (χ1) is 11.9. The van der Waals surface area contributed by atoms with Crippen LogP contribution in [0.5, 0.6) is 0 Å². The van der Waals surface area contributed by atoms with Crippen molar-refractivity contribution in [2.45, 2.75) is 37.8 Å². The monoisotopic (exact) mass is 347 g/mol. The van der Waals surface area contributed by atoms with E-state index >= 15 is 0 Å². The SMILES string of the molecule is CN1CCC(N(C)C(=O)NC(CCC(=O)O)Cc2ccccc2)C1=O. The van der Waals surface area contributed by atoms with Crippen molar-refractivity contribution in [3.63, 3.8) is 0 Å². The number of carboxylic acids is 1. The molecule has 7 heteroatoms. The van der Waals surface area contributed by atoms with Crippen molar-refractivity contribution in [2.75, 3.05) is 20.6 Å². The summed E-state index contributed by atoms with van der Waals surface area (Å²) < 4.78 is 0. The van der Waals surface area contributed by atoms with Gasteiger partial charge in [0.1, 0.15) is 6.04 Å². The number of nitrogens with zero attached hydrogens (tertiary/aromatic N) is 2. The lowest BCUT2D eigenvalue weighted by atomic mass is 10.0. The van der Waals surface area contributed by atoms with E-state index in [1.807, 2.05) is 30.3 Å². The van der Waals surface area contributed by atoms with Crippen molar-refractivity contribution in [1.82, 2.24) is 15.1 Å². The number of carboxylic acid groups (broad SMARTS) is 1. The molecule has 1 aromatic rings. The molecule has 1 aliphatic heterocycles. The molecule has 1 saturated heterocycles. The van der Waals surface area contributed by atoms with Gasteiger partial charge in [-0.2, -0.15) is 0 Å². The Morgan fingerprint density at radius 2 is 2.04 bits per heavy atom. The van der Waals surface area contributed by atoms with Gasteiger partial charge in [-0.3, -0.25) is 9.59 Å². The number of aliphatic carboxylic acids is 1. The summed E-state index contributed by atoms with van der Waals surface area (Å²) in [5.41, 5.74) is 1.03. The summed E-state index contributed by atoms with van der Waals surface area (Å²) in [6, 6.07) is 8.50. The van der Waals surface area contributed by atoms with Crippen LogP contribution in [0.2, 0.25) is 0 Å². The molecule has 2 unspecified atom stereocenters. The van der Waals surface area contributed by atoms with Crippen LogP contribution in [0.25, 0.3) is 0 Å². The zero-order valence-corrected chi connectivity index (χ0v) is 14.6. The minimum Gasteiger partial charge on any atom is -0.481 e. The highest BCUT2D eigenvalue weighted by atomic mass is 16.4. The number of urea groups is 1. The van der Waals surface area contributed by atoms with Crippen molar-refractivity contribution in [3.8, 4) is 0 Å². The summed E-state index contributed by atoms with van der Waals surface area (Å²) in [6.07, 6.45) is 1.47. The number of carbonyl (C=O) groups is 3. The van der Waals surface area contributed by atoms with Crippen LogP contribution >= 0.6 is 0 Å². The van der Waals surface area contributed by atoms with E-state index in [2.05, 4.69) is 5.32 Å². The molecule has 0 aromatic heterocycles. The lowest BCUT2D eigenvalue weighted by Gasteiger charge is -2.27. The summed E-state index contributed by atoms with van der Waals surface area (Å²) in [4.78, 5) is 38.5. The van der Waals surface area contributed by atoms with Crippen molar-refractivity contribution in [2.24, 2.45) is 0 Å². The molecule has 3 amide bonds. The van der Waals surface area contributed by atoms with Crippen LogP contribution in [0.4, 0.5) is 4.79 Å². The van der Waals surface area contributed by atoms with Crippen LogP contribution in [-0.2, 0) is 16.0 Å². The molecule has 1 fully saturated rings. The summed E-state index contributed by atoms with van der Waals surface area (Å²) >= 11 is 0. The van der Waals surface area contributed by atoms with Crippen molar-refractivity contribution in [3.05, 3.63) is 35.9 Å². The van der Waals surface area contributed by atoms with Crippen molar-refractivity contribution >= 4 is 17.9 Å². The zero-order chi connectivity index (χ0) is 18.4. The van der Waals surface area contributed by atoms with Crippen LogP contribution in [-0.4, -0.2) is 65.5 Å². The van der Waals surface area contributed by atoms with E-state index < -0.39 is 12.0 Å². The van der Waals surface area contributed by atoms with Gasteiger partial charge in [0.15, 0.2) is 0 Å². The third kappa shape index (κ3) is 5.20. The molecule has 2 atom stereocenters. The Morgan fingerprint density at radius 3 is 2.60 bits per heavy atom. The van der Waals surface area contributed by atoms with E-state index in [0.717, 1.165) is 5.56 Å². The molecule has 136 valence electrons. The second-order valence-electron chi connectivity index (χ2n) is 6.44. The maximum atomic E-state index is 12.5. The quantitative estimate of drug-likeness (QED) is 0.779. The fourth-order valence-electron chi connectivity index (χ4n) is 3.00. The Morgan fingerprint density at radius 1 is 1.36 bits per heavy atom. The number of benzene rings is 1. The van der Waals surface area contributed by atoms with Crippen LogP contribution in [0.3, 0.4) is 0 Å². The predicted octanol–water partition coefficient (Wildman–Crippen LogP) is 1.33. The van der Waals surface area contributed by atoms with E-state index in [4.69, 9.17) is 5.11 Å². The molecule has 0 saturated carbocycles. The first-order valence-electron chi connectivity index (χ1n) is 8.42. The molecule has 1 aliphatic rings. The number of carbonyl (C=O) groups excluding carboxylic acids is 2. The number of hydrogen-bond donors (Lipinski definition) is 2. The van der Waals surface area contributed by atoms with Gasteiger partial charge in [-0.1, -0.05) is 30.3 Å². The molecular weight excluding hydrogens is 322 g/mol. The lowest BCUT2D eigenvalue weighted by Crippen LogP contribution is -2.50. The van der Waals surface area contributed by atoms with Crippen molar-refractivity contribution < 1.29 is 19.5 Å². The summed E-state index contributed by atoms with van der Waals surface area (Å²) in [5, 5.41) is 11.8. The molecule has 1 aromatic carbocycles. The van der Waals surface area contributed by atoms with E-state index in [1.54, 1.807) is 19.0 Å². The van der Waals surface area contributed by atoms with Gasteiger partial charge < -0.3 is 20.2 Å². The lowest BCUT2D eigenvalue weighted by molar-refractivity contribution is -0.137. The smallest absolute Gasteiger partial charge is 0.318 e. The largest absolute Gasteiger partial charge is 0.481 e. The van der Waals surface area contributed by atoms with Gasteiger partial charge in [0.05, 0.1) is 0 Å². The van der Waals surface area contributed by atoms with Gasteiger partial charge in [0.25, 0.3) is 0 Å². The topological polar surface area (TPSA) is 89.9 Å². The number of likely N-dealkylation sites (N-methyl/N-ethyl adjacent to an activating group) is 2. The average Bonchev–Trinajstić information content (AvgIpc) is 2.92. The minimum atomic E-state index is -0.895. The average molecular weight is 347 g/mol. The molecule has 0 spiro atoms. The van der Waals surface area contributed by atoms with Crippen LogP contribution < -0.4 is 5.32 Å². The Labute approximate surface area is 147 Å². The standard InChI is InChI=1S/C18H25N3O4/c1-20-11-10-15(17(20)24)21(2)18(25)19-14(8-9-16(22)23)12-13-6-4-3-5-7-13/h3-7,14-15H,8-12H2,1-2H3,(H,19,25)(H,22,23). The molecule has 0 radical (unpaired) electrons. The Balaban J connectivity index is 2.00. The van der Waals surface area contributed by atoms with E-state index in [1.165, 1.54) is 4.90 Å². The van der Waals surface area contributed by atoms with E-state index in [9.17, 15) is 14.4 Å². The highest BCUT2D eigenvalue weighted by Crippen LogP contribution is 2.15. The second-order valence-corrected chi connectivity index (χ2v) is 6.44. The van der Waals surface area contributed by atoms with Crippen molar-refractivity contribution in [1.29, 1.82) is 0 Å². The highest BCUT2D eigenvalue weighted by molar-refractivity contribution is 5.88. The van der Waals surface area contributed by atoms with Gasteiger partial charge in [0.2, 0.25) is 5.91 Å². The molecule has 1 heterocycles. The summed E-state index contributed by atoms with van der Waals surface area (Å²) in [6.45, 7) is 0.633. The van der Waals surface area contributed by atoms with E-state index in [-0.39, 0.29) is 24.4 Å². The zero-order valence-electron chi connectivity index (χ0n) is 14.6. The summed E-state index contributed by atoms with van der Waals surface area (Å²) in [7, 11) is 3.33. The van der Waals surface area contributed by atoms with Gasteiger partial charge in [0, 0.05) is 33.1 Å². The molecule has 25 heavy (non-hydrogen) atoms. The number of amides is 3.